The van der Waals surface area contributed by atoms with Gasteiger partial charge in [0, 0.05) is 27.2 Å². The second kappa shape index (κ2) is 12.4. The lowest BCUT2D eigenvalue weighted by Crippen LogP contribution is -2.44. The molecule has 0 saturated heterocycles. The number of unbranched alkanes of at least 4 members (excludes halogenated alkanes) is 2. The van der Waals surface area contributed by atoms with Crippen molar-refractivity contribution in [3.8, 4) is 0 Å². The molecule has 4 heteroatoms. The Labute approximate surface area is 130 Å². The number of hydrogen-bond donors (Lipinski definition) is 0. The predicted octanol–water partition coefficient (Wildman–Crippen LogP) is 3.42. The molecular formula is C17H34N2O2. The molecule has 0 bridgehead atoms. The average Bonchev–Trinajstić information content (AvgIpc) is 2.54. The maximum Gasteiger partial charge on any atom is 0.253 e. The first-order valence-corrected chi connectivity index (χ1v) is 8.30. The summed E-state index contributed by atoms with van der Waals surface area (Å²) in [5.74, 6) is 0. The molecule has 0 aliphatic heterocycles. The molecule has 124 valence electrons. The molecule has 0 N–H and O–H groups in total. The molecule has 4 nitrogen and oxygen atoms in total. The quantitative estimate of drug-likeness (QED) is 0.571. The van der Waals surface area contributed by atoms with Crippen molar-refractivity contribution in [3.05, 3.63) is 20.4 Å². The van der Waals surface area contributed by atoms with Crippen LogP contribution in [0.3, 0.4) is 0 Å². The highest BCUT2D eigenvalue weighted by atomic mass is 16.2. The summed E-state index contributed by atoms with van der Waals surface area (Å²) in [6.07, 6.45) is 3.36. The van der Waals surface area contributed by atoms with Gasteiger partial charge in [-0.05, 0) is 13.3 Å². The zero-order valence-electron chi connectivity index (χ0n) is 15.2. The van der Waals surface area contributed by atoms with Gasteiger partial charge < -0.3 is 9.80 Å². The second-order valence-corrected chi connectivity index (χ2v) is 4.50. The first-order valence-electron chi connectivity index (χ1n) is 8.30. The summed E-state index contributed by atoms with van der Waals surface area (Å²) in [4.78, 5) is 26.9. The molecule has 0 aromatic heterocycles. The average molecular weight is 298 g/mol. The van der Waals surface area contributed by atoms with E-state index in [4.69, 9.17) is 0 Å². The molecule has 0 saturated carbocycles. The van der Waals surface area contributed by atoms with Crippen LogP contribution in [0.2, 0.25) is 0 Å². The van der Waals surface area contributed by atoms with Gasteiger partial charge in [0.15, 0.2) is 0 Å². The van der Waals surface area contributed by atoms with Gasteiger partial charge in [-0.2, -0.15) is 0 Å². The van der Waals surface area contributed by atoms with Crippen molar-refractivity contribution >= 4 is 11.4 Å². The maximum absolute atomic E-state index is 11.6. The molecule has 0 aliphatic carbocycles. The van der Waals surface area contributed by atoms with Gasteiger partial charge in [-0.3, -0.25) is 9.59 Å². The van der Waals surface area contributed by atoms with Gasteiger partial charge in [0.25, 0.3) is 10.9 Å². The summed E-state index contributed by atoms with van der Waals surface area (Å²) in [6.45, 7) is 13.7. The largest absolute Gasteiger partial charge is 0.370 e. The minimum atomic E-state index is -0.341. The summed E-state index contributed by atoms with van der Waals surface area (Å²) in [7, 11) is 3.73. The van der Waals surface area contributed by atoms with Gasteiger partial charge in [-0.1, -0.05) is 47.5 Å². The Kier molecular flexibility index (Phi) is 13.0. The topological polar surface area (TPSA) is 40.6 Å². The van der Waals surface area contributed by atoms with Crippen LogP contribution < -0.4 is 20.7 Å². The highest BCUT2D eigenvalue weighted by molar-refractivity contribution is 5.75. The predicted molar refractivity (Wildman–Crippen MR) is 95.8 cm³/mol. The van der Waals surface area contributed by atoms with Gasteiger partial charge in [-0.25, -0.2) is 0 Å². The van der Waals surface area contributed by atoms with Crippen LogP contribution in [0.4, 0.5) is 11.4 Å². The van der Waals surface area contributed by atoms with Gasteiger partial charge in [0.05, 0.1) is 0 Å². The SMILES string of the molecule is CC.CC.CCCCCN(C)c1c(N(C)CC)c(=O)c1=O. The Bertz CT molecular complexity index is 434. The smallest absolute Gasteiger partial charge is 0.253 e. The van der Waals surface area contributed by atoms with Crippen molar-refractivity contribution in [2.45, 2.75) is 60.8 Å². The van der Waals surface area contributed by atoms with E-state index in [1.165, 1.54) is 0 Å². The van der Waals surface area contributed by atoms with E-state index >= 15 is 0 Å². The van der Waals surface area contributed by atoms with E-state index in [2.05, 4.69) is 6.92 Å². The number of anilines is 2. The molecule has 0 atom stereocenters. The van der Waals surface area contributed by atoms with Gasteiger partial charge >= 0.3 is 0 Å². The summed E-state index contributed by atoms with van der Waals surface area (Å²) < 4.78 is 0. The molecule has 21 heavy (non-hydrogen) atoms. The normalized spacial score (nSPS) is 9.33. The second-order valence-electron chi connectivity index (χ2n) is 4.50. The lowest BCUT2D eigenvalue weighted by molar-refractivity contribution is 0.702. The molecule has 1 aromatic carbocycles. The molecule has 0 radical (unpaired) electrons. The highest BCUT2D eigenvalue weighted by Gasteiger charge is 2.25. The van der Waals surface area contributed by atoms with Crippen molar-refractivity contribution < 1.29 is 0 Å². The maximum atomic E-state index is 11.6. The van der Waals surface area contributed by atoms with Crippen molar-refractivity contribution in [1.82, 2.24) is 0 Å². The third-order valence-electron chi connectivity index (χ3n) is 3.20. The zero-order chi connectivity index (χ0) is 17.0. The van der Waals surface area contributed by atoms with E-state index in [1.807, 2.05) is 58.5 Å². The van der Waals surface area contributed by atoms with Gasteiger partial charge in [0.2, 0.25) is 0 Å². The minimum Gasteiger partial charge on any atom is -0.370 e. The third kappa shape index (κ3) is 5.90. The van der Waals surface area contributed by atoms with Crippen LogP contribution in [0.25, 0.3) is 0 Å². The molecule has 0 amide bonds. The zero-order valence-corrected chi connectivity index (χ0v) is 15.2. The van der Waals surface area contributed by atoms with Crippen LogP contribution in [0.1, 0.15) is 60.8 Å². The number of hydrogen-bond acceptors (Lipinski definition) is 4. The summed E-state index contributed by atoms with van der Waals surface area (Å²) in [6, 6.07) is 0. The van der Waals surface area contributed by atoms with E-state index in [0.717, 1.165) is 32.4 Å². The van der Waals surface area contributed by atoms with Crippen LogP contribution in [-0.2, 0) is 0 Å². The van der Waals surface area contributed by atoms with E-state index in [0.29, 0.717) is 11.4 Å². The van der Waals surface area contributed by atoms with Gasteiger partial charge in [-0.15, -0.1) is 0 Å². The van der Waals surface area contributed by atoms with Crippen LogP contribution in [-0.4, -0.2) is 27.2 Å². The van der Waals surface area contributed by atoms with Gasteiger partial charge in [0.1, 0.15) is 11.4 Å². The summed E-state index contributed by atoms with van der Waals surface area (Å²) in [5, 5.41) is 0. The summed E-state index contributed by atoms with van der Waals surface area (Å²) >= 11 is 0. The first kappa shape index (κ1) is 22.0. The highest BCUT2D eigenvalue weighted by Crippen LogP contribution is 2.22. The van der Waals surface area contributed by atoms with Crippen molar-refractivity contribution in [2.75, 3.05) is 37.0 Å². The Balaban J connectivity index is 0. The number of rotatable bonds is 7. The monoisotopic (exact) mass is 298 g/mol. The molecular weight excluding hydrogens is 264 g/mol. The number of nitrogens with zero attached hydrogens (tertiary/aromatic N) is 2. The molecule has 1 aromatic rings. The van der Waals surface area contributed by atoms with Crippen molar-refractivity contribution in [1.29, 1.82) is 0 Å². The van der Waals surface area contributed by atoms with E-state index in [-0.39, 0.29) is 10.9 Å². The molecule has 0 aliphatic rings. The Morgan fingerprint density at radius 3 is 1.57 bits per heavy atom. The van der Waals surface area contributed by atoms with E-state index in [9.17, 15) is 9.59 Å². The Morgan fingerprint density at radius 2 is 1.19 bits per heavy atom. The fourth-order valence-electron chi connectivity index (χ4n) is 1.94. The van der Waals surface area contributed by atoms with E-state index < -0.39 is 0 Å². The molecule has 0 fully saturated rings. The lowest BCUT2D eigenvalue weighted by atomic mass is 10.1. The minimum absolute atomic E-state index is 0.334. The molecule has 0 unspecified atom stereocenters. The van der Waals surface area contributed by atoms with E-state index in [1.54, 1.807) is 0 Å². The van der Waals surface area contributed by atoms with Crippen LogP contribution >= 0.6 is 0 Å². The molecule has 0 spiro atoms. The van der Waals surface area contributed by atoms with Crippen LogP contribution in [0.15, 0.2) is 9.59 Å². The molecule has 1 rings (SSSR count). The van der Waals surface area contributed by atoms with Crippen LogP contribution in [0.5, 0.6) is 0 Å². The Hall–Kier alpha value is -1.32. The fraction of sp³-hybridized carbons (Fsp3) is 0.765. The Morgan fingerprint density at radius 1 is 0.762 bits per heavy atom. The fourth-order valence-corrected chi connectivity index (χ4v) is 1.94. The first-order chi connectivity index (χ1) is 10.0. The van der Waals surface area contributed by atoms with Crippen LogP contribution in [0, 0.1) is 0 Å². The third-order valence-corrected chi connectivity index (χ3v) is 3.20. The summed E-state index contributed by atoms with van der Waals surface area (Å²) in [5.41, 5.74) is 0.498. The van der Waals surface area contributed by atoms with Crippen molar-refractivity contribution in [3.63, 3.8) is 0 Å². The lowest BCUT2D eigenvalue weighted by Gasteiger charge is -2.27. The molecule has 0 heterocycles. The standard InChI is InChI=1S/C13H22N2O2.2C2H6/c1-5-7-8-9-15(4)11-10(14(3)6-2)12(16)13(11)17;2*1-2/h5-9H2,1-4H3;2*1-2H3. The van der Waals surface area contributed by atoms with Crippen molar-refractivity contribution in [2.24, 2.45) is 0 Å².